The average molecular weight is 709 g/mol. The maximum Gasteiger partial charge on any atom is 0.343 e. The molecular weight excluding hydrogens is 689 g/mol. The summed E-state index contributed by atoms with van der Waals surface area (Å²) < 4.78 is 52.7. The molecule has 2 N–H and O–H groups in total. The first-order valence-corrected chi connectivity index (χ1v) is 15.0. The summed E-state index contributed by atoms with van der Waals surface area (Å²) in [5.41, 5.74) is -3.77. The SMILES string of the molecule is O=C(O)c1c(-c2ccc(OCCCOc3ccc(-c4oc5cc(Cl)ccc5c(=O)c4C(=O)O)c(F)c3)cc2F)oc2cc(Cl)ccc2c1=O. The van der Waals surface area contributed by atoms with Gasteiger partial charge in [0.2, 0.25) is 10.9 Å². The number of halogens is 4. The molecule has 49 heavy (non-hydrogen) atoms. The molecule has 0 aliphatic rings. The number of aromatic carboxylic acids is 2. The molecule has 2 aromatic heterocycles. The average Bonchev–Trinajstić information content (AvgIpc) is 3.04. The Labute approximate surface area is 283 Å². The molecular formula is C35H20Cl2F2O10. The van der Waals surface area contributed by atoms with Gasteiger partial charge < -0.3 is 28.5 Å². The van der Waals surface area contributed by atoms with Crippen LogP contribution in [0.3, 0.4) is 0 Å². The van der Waals surface area contributed by atoms with Gasteiger partial charge in [-0.2, -0.15) is 0 Å². The van der Waals surface area contributed by atoms with E-state index in [9.17, 15) is 29.4 Å². The van der Waals surface area contributed by atoms with E-state index in [1.807, 2.05) is 0 Å². The van der Waals surface area contributed by atoms with Crippen molar-refractivity contribution in [3.8, 4) is 34.1 Å². The van der Waals surface area contributed by atoms with E-state index in [0.29, 0.717) is 0 Å². The number of benzene rings is 4. The lowest BCUT2D eigenvalue weighted by Gasteiger charge is -2.12. The van der Waals surface area contributed by atoms with E-state index < -0.39 is 57.1 Å². The van der Waals surface area contributed by atoms with Crippen LogP contribution in [0.15, 0.2) is 91.2 Å². The van der Waals surface area contributed by atoms with Gasteiger partial charge in [0.25, 0.3) is 0 Å². The van der Waals surface area contributed by atoms with Gasteiger partial charge in [-0.3, -0.25) is 9.59 Å². The van der Waals surface area contributed by atoms with Crippen molar-refractivity contribution in [2.24, 2.45) is 0 Å². The zero-order valence-corrected chi connectivity index (χ0v) is 26.2. The minimum atomic E-state index is -1.59. The first-order chi connectivity index (χ1) is 23.4. The molecule has 0 spiro atoms. The zero-order chi connectivity index (χ0) is 35.0. The van der Waals surface area contributed by atoms with Gasteiger partial charge in [0, 0.05) is 40.7 Å². The van der Waals surface area contributed by atoms with Gasteiger partial charge in [-0.15, -0.1) is 0 Å². The molecule has 10 nitrogen and oxygen atoms in total. The lowest BCUT2D eigenvalue weighted by Crippen LogP contribution is -2.17. The molecule has 14 heteroatoms. The van der Waals surface area contributed by atoms with Crippen molar-refractivity contribution in [1.29, 1.82) is 0 Å². The summed E-state index contributed by atoms with van der Waals surface area (Å²) in [5, 5.41) is 19.8. The second kappa shape index (κ2) is 13.4. The molecule has 0 bridgehead atoms. The highest BCUT2D eigenvalue weighted by Gasteiger charge is 2.26. The van der Waals surface area contributed by atoms with Crippen molar-refractivity contribution in [1.82, 2.24) is 0 Å². The minimum absolute atomic E-state index is 0.0117. The van der Waals surface area contributed by atoms with E-state index in [0.717, 1.165) is 12.1 Å². The predicted molar refractivity (Wildman–Crippen MR) is 175 cm³/mol. The Hall–Kier alpha value is -5.72. The van der Waals surface area contributed by atoms with E-state index in [2.05, 4.69) is 0 Å². The highest BCUT2D eigenvalue weighted by molar-refractivity contribution is 6.31. The second-order valence-corrected chi connectivity index (χ2v) is 11.4. The summed E-state index contributed by atoms with van der Waals surface area (Å²) in [6.07, 6.45) is 0.264. The van der Waals surface area contributed by atoms with Crippen molar-refractivity contribution in [3.05, 3.63) is 126 Å². The minimum Gasteiger partial charge on any atom is -0.493 e. The van der Waals surface area contributed by atoms with Crippen LogP contribution in [-0.2, 0) is 0 Å². The van der Waals surface area contributed by atoms with Crippen molar-refractivity contribution in [2.75, 3.05) is 13.2 Å². The van der Waals surface area contributed by atoms with Crippen LogP contribution in [0.4, 0.5) is 8.78 Å². The summed E-state index contributed by atoms with van der Waals surface area (Å²) in [5.74, 6) is -5.78. The van der Waals surface area contributed by atoms with Gasteiger partial charge in [0.1, 0.15) is 34.3 Å². The number of carboxylic acids is 2. The number of fused-ring (bicyclic) bond motifs is 2. The number of rotatable bonds is 10. The molecule has 248 valence electrons. The number of ether oxygens (including phenoxy) is 2. The highest BCUT2D eigenvalue weighted by Crippen LogP contribution is 2.33. The van der Waals surface area contributed by atoms with Crippen molar-refractivity contribution in [3.63, 3.8) is 0 Å². The summed E-state index contributed by atoms with van der Waals surface area (Å²) >= 11 is 12.0. The molecule has 0 saturated heterocycles. The van der Waals surface area contributed by atoms with Gasteiger partial charge in [0.05, 0.1) is 35.1 Å². The Morgan fingerprint density at radius 1 is 0.633 bits per heavy atom. The molecule has 0 radical (unpaired) electrons. The molecule has 6 rings (SSSR count). The van der Waals surface area contributed by atoms with Crippen LogP contribution in [-0.4, -0.2) is 35.4 Å². The van der Waals surface area contributed by atoms with Crippen molar-refractivity contribution >= 4 is 57.1 Å². The lowest BCUT2D eigenvalue weighted by molar-refractivity contribution is 0.0683. The van der Waals surface area contributed by atoms with E-state index in [4.69, 9.17) is 41.5 Å². The Kier molecular flexibility index (Phi) is 9.09. The molecule has 6 aromatic rings. The molecule has 0 aliphatic carbocycles. The monoisotopic (exact) mass is 708 g/mol. The highest BCUT2D eigenvalue weighted by atomic mass is 35.5. The fraction of sp³-hybridized carbons (Fsp3) is 0.0857. The van der Waals surface area contributed by atoms with E-state index >= 15 is 8.78 Å². The lowest BCUT2D eigenvalue weighted by atomic mass is 10.0. The third-order valence-corrected chi connectivity index (χ3v) is 7.80. The zero-order valence-electron chi connectivity index (χ0n) is 24.7. The summed E-state index contributed by atoms with van der Waals surface area (Å²) in [6.45, 7) is 0.0755. The number of hydrogen-bond acceptors (Lipinski definition) is 8. The first kappa shape index (κ1) is 33.2. The topological polar surface area (TPSA) is 153 Å². The number of hydrogen-bond donors (Lipinski definition) is 2. The maximum absolute atomic E-state index is 15.2. The van der Waals surface area contributed by atoms with Crippen LogP contribution in [0, 0.1) is 11.6 Å². The van der Waals surface area contributed by atoms with Crippen LogP contribution in [0.5, 0.6) is 11.5 Å². The maximum atomic E-state index is 15.2. The molecule has 4 aromatic carbocycles. The third kappa shape index (κ3) is 6.56. The third-order valence-electron chi connectivity index (χ3n) is 7.33. The second-order valence-electron chi connectivity index (χ2n) is 10.5. The molecule has 0 amide bonds. The Balaban J connectivity index is 1.13. The standard InChI is InChI=1S/C35H20Cl2F2O10/c36-16-2-6-22-26(12-16)48-32(28(30(22)40)34(42)43)20-8-4-18(14-24(20)38)46-10-1-11-47-19-5-9-21(25(39)15-19)33-29(35(44)45)31(41)23-7-3-17(37)13-27(23)49-33/h2-9,12-15H,1,10-11H2,(H,42,43)(H,44,45). The first-order valence-electron chi connectivity index (χ1n) is 14.3. The summed E-state index contributed by atoms with van der Waals surface area (Å²) in [6, 6.07) is 15.3. The van der Waals surface area contributed by atoms with E-state index in [1.165, 1.54) is 60.7 Å². The van der Waals surface area contributed by atoms with Gasteiger partial charge in [-0.05, 0) is 48.5 Å². The smallest absolute Gasteiger partial charge is 0.343 e. The van der Waals surface area contributed by atoms with Crippen LogP contribution in [0.25, 0.3) is 44.6 Å². The predicted octanol–water partition coefficient (Wildman–Crippen LogP) is 8.06. The quantitative estimate of drug-likeness (QED) is 0.134. The molecule has 2 heterocycles. The van der Waals surface area contributed by atoms with Crippen molar-refractivity contribution in [2.45, 2.75) is 6.42 Å². The Morgan fingerprint density at radius 2 is 1.04 bits per heavy atom. The van der Waals surface area contributed by atoms with Gasteiger partial charge in [0.15, 0.2) is 22.6 Å². The van der Waals surface area contributed by atoms with Crippen LogP contribution in [0.1, 0.15) is 27.1 Å². The van der Waals surface area contributed by atoms with E-state index in [-0.39, 0.29) is 74.2 Å². The van der Waals surface area contributed by atoms with Crippen LogP contribution >= 0.6 is 23.2 Å². The Bertz CT molecular complexity index is 2270. The van der Waals surface area contributed by atoms with Crippen LogP contribution < -0.4 is 20.3 Å². The Morgan fingerprint density at radius 3 is 1.41 bits per heavy atom. The van der Waals surface area contributed by atoms with Gasteiger partial charge in [-0.1, -0.05) is 23.2 Å². The van der Waals surface area contributed by atoms with Gasteiger partial charge in [-0.25, -0.2) is 18.4 Å². The summed E-state index contributed by atoms with van der Waals surface area (Å²) in [4.78, 5) is 49.5. The molecule has 0 aliphatic heterocycles. The number of carboxylic acid groups (broad SMARTS) is 2. The molecule has 0 saturated carbocycles. The normalized spacial score (nSPS) is 11.2. The fourth-order valence-corrected chi connectivity index (χ4v) is 5.40. The number of carbonyl (C=O) groups is 2. The van der Waals surface area contributed by atoms with Crippen LogP contribution in [0.2, 0.25) is 10.0 Å². The van der Waals surface area contributed by atoms with Crippen molar-refractivity contribution < 1.29 is 46.9 Å². The van der Waals surface area contributed by atoms with Gasteiger partial charge >= 0.3 is 11.9 Å². The molecule has 0 fully saturated rings. The molecule has 0 unspecified atom stereocenters. The van der Waals surface area contributed by atoms with E-state index in [1.54, 1.807) is 0 Å². The molecule has 0 atom stereocenters. The fourth-order valence-electron chi connectivity index (χ4n) is 5.08. The largest absolute Gasteiger partial charge is 0.493 e. The summed E-state index contributed by atoms with van der Waals surface area (Å²) in [7, 11) is 0.